The monoisotopic (exact) mass is 236 g/mol. The fourth-order valence-corrected chi connectivity index (χ4v) is 1.70. The average Bonchev–Trinajstić information content (AvgIpc) is 2.35. The van der Waals surface area contributed by atoms with Crippen molar-refractivity contribution in [3.05, 3.63) is 29.8 Å². The Kier molecular flexibility index (Phi) is 6.01. The maximum Gasteiger partial charge on any atom is 0.119 e. The second-order valence-electron chi connectivity index (χ2n) is 4.23. The molecule has 0 amide bonds. The lowest BCUT2D eigenvalue weighted by Gasteiger charge is -2.18. The first kappa shape index (κ1) is 14.0. The summed E-state index contributed by atoms with van der Waals surface area (Å²) in [4.78, 5) is 2.34. The Morgan fingerprint density at radius 2 is 1.76 bits per heavy atom. The molecule has 0 unspecified atom stereocenters. The highest BCUT2D eigenvalue weighted by Crippen LogP contribution is 2.15. The second kappa shape index (κ2) is 7.30. The SMILES string of the molecule is CCN(CC)CCOc1ccc([C@@H](C)N)cc1. The van der Waals surface area contributed by atoms with Crippen molar-refractivity contribution in [2.45, 2.75) is 26.8 Å². The molecule has 3 heteroatoms. The fraction of sp³-hybridized carbons (Fsp3) is 0.571. The van der Waals surface area contributed by atoms with Crippen LogP contribution < -0.4 is 10.5 Å². The van der Waals surface area contributed by atoms with Gasteiger partial charge in [0.15, 0.2) is 0 Å². The Labute approximate surface area is 105 Å². The van der Waals surface area contributed by atoms with E-state index in [1.165, 1.54) is 0 Å². The Morgan fingerprint density at radius 1 is 1.18 bits per heavy atom. The summed E-state index contributed by atoms with van der Waals surface area (Å²) in [6.45, 7) is 10.2. The Hall–Kier alpha value is -1.06. The van der Waals surface area contributed by atoms with E-state index in [0.717, 1.165) is 37.6 Å². The Balaban J connectivity index is 2.37. The number of nitrogens with zero attached hydrogens (tertiary/aromatic N) is 1. The molecular weight excluding hydrogens is 212 g/mol. The van der Waals surface area contributed by atoms with Crippen LogP contribution in [0.15, 0.2) is 24.3 Å². The summed E-state index contributed by atoms with van der Waals surface area (Å²) in [6, 6.07) is 8.11. The van der Waals surface area contributed by atoms with Crippen molar-refractivity contribution in [1.29, 1.82) is 0 Å². The molecule has 0 saturated carbocycles. The molecule has 1 rings (SSSR count). The van der Waals surface area contributed by atoms with Crippen LogP contribution >= 0.6 is 0 Å². The summed E-state index contributed by atoms with van der Waals surface area (Å²) < 4.78 is 5.69. The number of likely N-dealkylation sites (N-methyl/N-ethyl adjacent to an activating group) is 1. The predicted molar refractivity (Wildman–Crippen MR) is 72.3 cm³/mol. The van der Waals surface area contributed by atoms with Crippen molar-refractivity contribution in [2.24, 2.45) is 5.73 Å². The van der Waals surface area contributed by atoms with E-state index in [2.05, 4.69) is 18.7 Å². The van der Waals surface area contributed by atoms with Crippen molar-refractivity contribution in [2.75, 3.05) is 26.2 Å². The maximum atomic E-state index is 5.79. The van der Waals surface area contributed by atoms with Crippen LogP contribution in [0, 0.1) is 0 Å². The van der Waals surface area contributed by atoms with Crippen LogP contribution in [0.2, 0.25) is 0 Å². The number of hydrogen-bond acceptors (Lipinski definition) is 3. The van der Waals surface area contributed by atoms with Gasteiger partial charge in [-0.15, -0.1) is 0 Å². The molecule has 1 aromatic rings. The third-order valence-electron chi connectivity index (χ3n) is 2.98. The van der Waals surface area contributed by atoms with Gasteiger partial charge in [-0.2, -0.15) is 0 Å². The van der Waals surface area contributed by atoms with Gasteiger partial charge in [-0.3, -0.25) is 0 Å². The molecule has 0 radical (unpaired) electrons. The minimum atomic E-state index is 0.0831. The number of rotatable bonds is 7. The summed E-state index contributed by atoms with van der Waals surface area (Å²) >= 11 is 0. The first-order valence-electron chi connectivity index (χ1n) is 6.38. The zero-order valence-corrected chi connectivity index (χ0v) is 11.1. The van der Waals surface area contributed by atoms with Crippen molar-refractivity contribution >= 4 is 0 Å². The van der Waals surface area contributed by atoms with E-state index >= 15 is 0 Å². The number of nitrogens with two attached hydrogens (primary N) is 1. The highest BCUT2D eigenvalue weighted by Gasteiger charge is 2.01. The van der Waals surface area contributed by atoms with Crippen molar-refractivity contribution in [3.63, 3.8) is 0 Å². The molecule has 1 aromatic carbocycles. The van der Waals surface area contributed by atoms with Crippen LogP contribution in [0.1, 0.15) is 32.4 Å². The van der Waals surface area contributed by atoms with Gasteiger partial charge in [0.1, 0.15) is 12.4 Å². The van der Waals surface area contributed by atoms with Gasteiger partial charge in [-0.05, 0) is 37.7 Å². The van der Waals surface area contributed by atoms with E-state index in [1.807, 2.05) is 31.2 Å². The minimum absolute atomic E-state index is 0.0831. The van der Waals surface area contributed by atoms with Gasteiger partial charge >= 0.3 is 0 Å². The molecule has 0 fully saturated rings. The molecule has 0 spiro atoms. The van der Waals surface area contributed by atoms with Gasteiger partial charge in [-0.25, -0.2) is 0 Å². The van der Waals surface area contributed by atoms with Gasteiger partial charge in [0.25, 0.3) is 0 Å². The molecule has 1 atom stereocenters. The quantitative estimate of drug-likeness (QED) is 0.790. The van der Waals surface area contributed by atoms with Gasteiger partial charge in [0, 0.05) is 12.6 Å². The number of hydrogen-bond donors (Lipinski definition) is 1. The van der Waals surface area contributed by atoms with Crippen LogP contribution in [0.5, 0.6) is 5.75 Å². The van der Waals surface area contributed by atoms with Crippen LogP contribution in [0.4, 0.5) is 0 Å². The van der Waals surface area contributed by atoms with Crippen LogP contribution in [-0.2, 0) is 0 Å². The normalized spacial score (nSPS) is 12.8. The Morgan fingerprint density at radius 3 is 2.24 bits per heavy atom. The van der Waals surface area contributed by atoms with E-state index in [-0.39, 0.29) is 6.04 Å². The lowest BCUT2D eigenvalue weighted by molar-refractivity contribution is 0.223. The van der Waals surface area contributed by atoms with Crippen LogP contribution in [-0.4, -0.2) is 31.1 Å². The molecule has 0 aliphatic rings. The van der Waals surface area contributed by atoms with Crippen LogP contribution in [0.25, 0.3) is 0 Å². The van der Waals surface area contributed by atoms with E-state index in [1.54, 1.807) is 0 Å². The molecule has 0 bridgehead atoms. The summed E-state index contributed by atoms with van der Waals surface area (Å²) in [5.74, 6) is 0.918. The predicted octanol–water partition coefficient (Wildman–Crippen LogP) is 2.43. The standard InChI is InChI=1S/C14H24N2O/c1-4-16(5-2)10-11-17-14-8-6-13(7-9-14)12(3)15/h6-9,12H,4-5,10-11,15H2,1-3H3/t12-/m1/s1. The largest absolute Gasteiger partial charge is 0.492 e. The lowest BCUT2D eigenvalue weighted by atomic mass is 10.1. The zero-order valence-electron chi connectivity index (χ0n) is 11.1. The highest BCUT2D eigenvalue weighted by molar-refractivity contribution is 5.28. The summed E-state index contributed by atoms with van der Waals surface area (Å²) in [5.41, 5.74) is 6.93. The molecule has 17 heavy (non-hydrogen) atoms. The van der Waals surface area contributed by atoms with E-state index in [0.29, 0.717) is 0 Å². The van der Waals surface area contributed by atoms with Crippen LogP contribution in [0.3, 0.4) is 0 Å². The highest BCUT2D eigenvalue weighted by atomic mass is 16.5. The molecule has 0 aliphatic carbocycles. The van der Waals surface area contributed by atoms with Gasteiger partial charge in [0.2, 0.25) is 0 Å². The molecule has 2 N–H and O–H groups in total. The maximum absolute atomic E-state index is 5.79. The lowest BCUT2D eigenvalue weighted by Crippen LogP contribution is -2.27. The molecule has 3 nitrogen and oxygen atoms in total. The first-order chi connectivity index (χ1) is 8.17. The van der Waals surface area contributed by atoms with Crippen molar-refractivity contribution < 1.29 is 4.74 Å². The summed E-state index contributed by atoms with van der Waals surface area (Å²) in [5, 5.41) is 0. The second-order valence-corrected chi connectivity index (χ2v) is 4.23. The van der Waals surface area contributed by atoms with Crippen molar-refractivity contribution in [1.82, 2.24) is 4.90 Å². The molecule has 0 aliphatic heterocycles. The van der Waals surface area contributed by atoms with E-state index in [9.17, 15) is 0 Å². The minimum Gasteiger partial charge on any atom is -0.492 e. The molecule has 0 aromatic heterocycles. The Bertz CT molecular complexity index is 305. The van der Waals surface area contributed by atoms with Gasteiger partial charge < -0.3 is 15.4 Å². The topological polar surface area (TPSA) is 38.5 Å². The van der Waals surface area contributed by atoms with E-state index in [4.69, 9.17) is 10.5 Å². The third kappa shape index (κ3) is 4.75. The third-order valence-corrected chi connectivity index (χ3v) is 2.98. The van der Waals surface area contributed by atoms with E-state index < -0.39 is 0 Å². The summed E-state index contributed by atoms with van der Waals surface area (Å²) in [7, 11) is 0. The zero-order chi connectivity index (χ0) is 12.7. The average molecular weight is 236 g/mol. The van der Waals surface area contributed by atoms with Crippen molar-refractivity contribution in [3.8, 4) is 5.75 Å². The number of benzene rings is 1. The molecular formula is C14H24N2O. The van der Waals surface area contributed by atoms with Gasteiger partial charge in [-0.1, -0.05) is 26.0 Å². The smallest absolute Gasteiger partial charge is 0.119 e. The number of ether oxygens (including phenoxy) is 1. The molecule has 0 heterocycles. The summed E-state index contributed by atoms with van der Waals surface area (Å²) in [6.07, 6.45) is 0. The first-order valence-corrected chi connectivity index (χ1v) is 6.38. The molecule has 96 valence electrons. The fourth-order valence-electron chi connectivity index (χ4n) is 1.70. The van der Waals surface area contributed by atoms with Gasteiger partial charge in [0.05, 0.1) is 0 Å². The molecule has 0 saturated heterocycles.